The molecule has 1 unspecified atom stereocenters. The number of carbonyl (C=O) groups excluding carboxylic acids is 2. The third-order valence-electron chi connectivity index (χ3n) is 1.89. The van der Waals surface area contributed by atoms with Crippen molar-refractivity contribution in [1.82, 2.24) is 15.5 Å². The number of amides is 4. The maximum Gasteiger partial charge on any atom is 0.455 e. The van der Waals surface area contributed by atoms with Gasteiger partial charge in [0.1, 0.15) is 0 Å². The number of nitrogens with zero attached hydrogens (tertiary/aromatic N) is 1. The van der Waals surface area contributed by atoms with Gasteiger partial charge in [-0.3, -0.25) is 0 Å². The van der Waals surface area contributed by atoms with Gasteiger partial charge in [-0.15, -0.1) is 4.76 Å². The molecule has 1 aromatic rings. The van der Waals surface area contributed by atoms with Gasteiger partial charge in [0, 0.05) is 12.1 Å². The van der Waals surface area contributed by atoms with Crippen LogP contribution in [0.25, 0.3) is 0 Å². The van der Waals surface area contributed by atoms with Crippen molar-refractivity contribution in [2.75, 3.05) is 0 Å². The second-order valence-electron chi connectivity index (χ2n) is 2.82. The lowest BCUT2D eigenvalue weighted by Gasteiger charge is -2.29. The minimum Gasteiger partial charge on any atom is -0.592 e. The molecule has 0 radical (unpaired) electrons. The summed E-state index contributed by atoms with van der Waals surface area (Å²) in [6.45, 7) is 0. The third-order valence-corrected chi connectivity index (χ3v) is 1.89. The van der Waals surface area contributed by atoms with Crippen molar-refractivity contribution in [3.8, 4) is 0 Å². The van der Waals surface area contributed by atoms with Crippen LogP contribution in [0.4, 0.5) is 15.3 Å². The van der Waals surface area contributed by atoms with E-state index in [1.165, 1.54) is 12.1 Å². The zero-order valence-electron chi connectivity index (χ0n) is 7.06. The van der Waals surface area contributed by atoms with E-state index in [0.717, 1.165) is 0 Å². The summed E-state index contributed by atoms with van der Waals surface area (Å²) < 4.78 is -1.49. The second-order valence-corrected chi connectivity index (χ2v) is 2.82. The fraction of sp³-hybridized carbons (Fsp3) is 0. The second kappa shape index (κ2) is 2.79. The molecule has 1 heterocycles. The zero-order chi connectivity index (χ0) is 10.2. The summed E-state index contributed by atoms with van der Waals surface area (Å²) in [6.07, 6.45) is 0. The average molecular weight is 193 g/mol. The lowest BCUT2D eigenvalue weighted by molar-refractivity contribution is 0.220. The Morgan fingerprint density at radius 2 is 1.79 bits per heavy atom. The van der Waals surface area contributed by atoms with Crippen LogP contribution in [-0.4, -0.2) is 12.1 Å². The fourth-order valence-corrected chi connectivity index (χ4v) is 1.22. The number of nitrogens with one attached hydrogen (secondary N) is 2. The number of hydroxylamine groups is 1. The number of rotatable bonds is 1. The van der Waals surface area contributed by atoms with Gasteiger partial charge in [-0.1, -0.05) is 18.2 Å². The van der Waals surface area contributed by atoms with Gasteiger partial charge in [-0.05, 0) is 0 Å². The summed E-state index contributed by atoms with van der Waals surface area (Å²) in [7, 11) is 0. The van der Waals surface area contributed by atoms with Crippen LogP contribution >= 0.6 is 0 Å². The Labute approximate surface area is 79.3 Å². The highest BCUT2D eigenvalue weighted by atomic mass is 16.6. The summed E-state index contributed by atoms with van der Waals surface area (Å²) in [5, 5.41) is 13.7. The standard InChI is InChI=1S/C8H7N3O3/c12-7-9-8(13)11(14,10-7)6-4-2-1-3-5-6/h1-5H,(H2,9,10,12,13). The van der Waals surface area contributed by atoms with E-state index in [0.29, 0.717) is 0 Å². The Balaban J connectivity index is 2.43. The lowest BCUT2D eigenvalue weighted by Crippen LogP contribution is -2.53. The van der Waals surface area contributed by atoms with Crippen LogP contribution in [0.15, 0.2) is 30.3 Å². The molecule has 0 bridgehead atoms. The largest absolute Gasteiger partial charge is 0.592 e. The Morgan fingerprint density at radius 3 is 2.29 bits per heavy atom. The molecule has 1 atom stereocenters. The first-order valence-corrected chi connectivity index (χ1v) is 3.92. The zero-order valence-corrected chi connectivity index (χ0v) is 7.06. The first-order chi connectivity index (χ1) is 6.63. The van der Waals surface area contributed by atoms with Crippen LogP contribution in [0.5, 0.6) is 0 Å². The summed E-state index contributed by atoms with van der Waals surface area (Å²) in [5.41, 5.74) is 2.14. The molecule has 2 N–H and O–H groups in total. The number of benzene rings is 1. The molecule has 1 aliphatic rings. The number of urea groups is 2. The van der Waals surface area contributed by atoms with Gasteiger partial charge < -0.3 is 5.21 Å². The third kappa shape index (κ3) is 1.13. The van der Waals surface area contributed by atoms with Gasteiger partial charge in [-0.25, -0.2) is 14.9 Å². The maximum absolute atomic E-state index is 11.8. The first kappa shape index (κ1) is 8.67. The molecule has 1 aromatic carbocycles. The van der Waals surface area contributed by atoms with E-state index in [-0.39, 0.29) is 5.69 Å². The van der Waals surface area contributed by atoms with E-state index in [1.54, 1.807) is 18.2 Å². The molecule has 0 saturated carbocycles. The predicted octanol–water partition coefficient (Wildman–Crippen LogP) is 0.839. The molecule has 72 valence electrons. The maximum atomic E-state index is 11.8. The van der Waals surface area contributed by atoms with Gasteiger partial charge >= 0.3 is 12.1 Å². The minimum atomic E-state index is -1.49. The Morgan fingerprint density at radius 1 is 1.14 bits per heavy atom. The van der Waals surface area contributed by atoms with Crippen LogP contribution < -0.4 is 15.5 Å². The van der Waals surface area contributed by atoms with Crippen molar-refractivity contribution >= 4 is 17.7 Å². The molecular weight excluding hydrogens is 186 g/mol. The van der Waals surface area contributed by atoms with Crippen LogP contribution in [-0.2, 0) is 0 Å². The molecule has 1 saturated heterocycles. The van der Waals surface area contributed by atoms with Crippen LogP contribution in [0.2, 0.25) is 0 Å². The number of imide groups is 1. The molecule has 0 spiro atoms. The minimum absolute atomic E-state index is 0.163. The topological polar surface area (TPSA) is 81.3 Å². The molecule has 2 rings (SSSR count). The number of hydrogen-bond donors (Lipinski definition) is 2. The van der Waals surface area contributed by atoms with E-state index in [4.69, 9.17) is 0 Å². The van der Waals surface area contributed by atoms with Gasteiger partial charge in [-0.2, -0.15) is 5.43 Å². The van der Waals surface area contributed by atoms with Crippen molar-refractivity contribution < 1.29 is 9.59 Å². The lowest BCUT2D eigenvalue weighted by atomic mass is 10.3. The van der Waals surface area contributed by atoms with E-state index in [2.05, 4.69) is 0 Å². The van der Waals surface area contributed by atoms with Crippen molar-refractivity contribution in [3.05, 3.63) is 35.5 Å². The predicted molar refractivity (Wildman–Crippen MR) is 48.7 cm³/mol. The highest BCUT2D eigenvalue weighted by Gasteiger charge is 2.41. The highest BCUT2D eigenvalue weighted by Crippen LogP contribution is 2.21. The van der Waals surface area contributed by atoms with Gasteiger partial charge in [0.05, 0.1) is 0 Å². The van der Waals surface area contributed by atoms with Gasteiger partial charge in [0.2, 0.25) is 0 Å². The summed E-state index contributed by atoms with van der Waals surface area (Å²) in [6, 6.07) is 6.17. The summed E-state index contributed by atoms with van der Waals surface area (Å²) in [5.74, 6) is 0. The number of hydrogen-bond acceptors (Lipinski definition) is 3. The van der Waals surface area contributed by atoms with Crippen molar-refractivity contribution in [2.45, 2.75) is 0 Å². The summed E-state index contributed by atoms with van der Waals surface area (Å²) >= 11 is 0. The normalized spacial score (nSPS) is 25.8. The van der Waals surface area contributed by atoms with E-state index < -0.39 is 16.8 Å². The van der Waals surface area contributed by atoms with Crippen LogP contribution in [0.3, 0.4) is 0 Å². The van der Waals surface area contributed by atoms with E-state index in [9.17, 15) is 14.8 Å². The van der Waals surface area contributed by atoms with Crippen molar-refractivity contribution in [3.63, 3.8) is 0 Å². The molecular formula is C8H7N3O3. The number of carbonyl (C=O) groups is 2. The number of para-hydroxylation sites is 1. The Kier molecular flexibility index (Phi) is 1.73. The molecule has 14 heavy (non-hydrogen) atoms. The summed E-state index contributed by atoms with van der Waals surface area (Å²) in [4.78, 5) is 22.0. The van der Waals surface area contributed by atoms with Crippen LogP contribution in [0, 0.1) is 5.21 Å². The SMILES string of the molecule is O=C1NC(=O)[N+]([O-])(c2ccccc2)N1. The van der Waals surface area contributed by atoms with E-state index >= 15 is 0 Å². The van der Waals surface area contributed by atoms with Crippen molar-refractivity contribution in [2.24, 2.45) is 0 Å². The molecule has 6 heteroatoms. The molecule has 4 amide bonds. The molecule has 1 aliphatic heterocycles. The quantitative estimate of drug-likeness (QED) is 0.512. The molecule has 6 nitrogen and oxygen atoms in total. The van der Waals surface area contributed by atoms with Gasteiger partial charge in [0.25, 0.3) is 0 Å². The van der Waals surface area contributed by atoms with Crippen molar-refractivity contribution in [1.29, 1.82) is 0 Å². The van der Waals surface area contributed by atoms with E-state index in [1.807, 2.05) is 10.7 Å². The fourth-order valence-electron chi connectivity index (χ4n) is 1.22. The van der Waals surface area contributed by atoms with Gasteiger partial charge in [0.15, 0.2) is 5.69 Å². The van der Waals surface area contributed by atoms with Crippen LogP contribution in [0.1, 0.15) is 0 Å². The molecule has 0 aromatic heterocycles. The Bertz CT molecular complexity index is 392. The smallest absolute Gasteiger partial charge is 0.455 e. The molecule has 0 aliphatic carbocycles. The molecule has 1 fully saturated rings. The Hall–Kier alpha value is -1.92. The first-order valence-electron chi connectivity index (χ1n) is 3.92. The highest BCUT2D eigenvalue weighted by molar-refractivity contribution is 6.05. The average Bonchev–Trinajstić information content (AvgIpc) is 2.43. The monoisotopic (exact) mass is 193 g/mol. The number of quaternary nitrogens is 1.